The number of hydrogen-bond donors (Lipinski definition) is 2. The molecule has 5 nitrogen and oxygen atoms in total. The van der Waals surface area contributed by atoms with E-state index in [-0.39, 0.29) is 17.2 Å². The first-order chi connectivity index (χ1) is 9.08. The van der Waals surface area contributed by atoms with Crippen LogP contribution >= 0.6 is 0 Å². The van der Waals surface area contributed by atoms with E-state index >= 15 is 0 Å². The summed E-state index contributed by atoms with van der Waals surface area (Å²) in [4.78, 5) is -0.222. The molecule has 0 atom stereocenters. The van der Waals surface area contributed by atoms with Gasteiger partial charge in [-0.2, -0.15) is 13.2 Å². The maximum atomic E-state index is 12.1. The molecule has 2 N–H and O–H groups in total. The van der Waals surface area contributed by atoms with Gasteiger partial charge in [0.05, 0.1) is 0 Å². The molecule has 0 aliphatic rings. The predicted octanol–water partition coefficient (Wildman–Crippen LogP) is 1.85. The summed E-state index contributed by atoms with van der Waals surface area (Å²) in [6.07, 6.45) is -4.61. The molecule has 0 bridgehead atoms. The number of aryl methyl sites for hydroxylation is 2. The van der Waals surface area contributed by atoms with Gasteiger partial charge in [-0.1, -0.05) is 6.92 Å². The molecule has 1 aromatic heterocycles. The summed E-state index contributed by atoms with van der Waals surface area (Å²) in [6.45, 7) is 4.01. The molecule has 1 aromatic rings. The highest BCUT2D eigenvalue weighted by atomic mass is 32.2. The van der Waals surface area contributed by atoms with Crippen LogP contribution in [0.5, 0.6) is 0 Å². The molecule has 0 aliphatic carbocycles. The average Bonchev–Trinajstić information content (AvgIpc) is 2.58. The van der Waals surface area contributed by atoms with Gasteiger partial charge >= 0.3 is 6.18 Å². The number of alkyl halides is 3. The molecule has 1 heterocycles. The predicted molar refractivity (Wildman–Crippen MR) is 66.8 cm³/mol. The molecule has 0 spiro atoms. The van der Waals surface area contributed by atoms with Gasteiger partial charge in [0, 0.05) is 12.1 Å². The lowest BCUT2D eigenvalue weighted by Crippen LogP contribution is -2.34. The van der Waals surface area contributed by atoms with E-state index in [0.29, 0.717) is 17.9 Å². The molecule has 0 aromatic carbocycles. The fraction of sp³-hybridized carbons (Fsp3) is 0.636. The summed E-state index contributed by atoms with van der Waals surface area (Å²) in [5.74, 6) is 0.445. The Hall–Kier alpha value is -1.06. The number of halogens is 3. The zero-order chi connectivity index (χ0) is 15.6. The van der Waals surface area contributed by atoms with Gasteiger partial charge in [-0.15, -0.1) is 0 Å². The third kappa shape index (κ3) is 4.22. The van der Waals surface area contributed by atoms with Gasteiger partial charge in [-0.25, -0.2) is 13.1 Å². The summed E-state index contributed by atoms with van der Waals surface area (Å²) >= 11 is 0. The van der Waals surface area contributed by atoms with Crippen LogP contribution in [0.15, 0.2) is 9.31 Å². The summed E-state index contributed by atoms with van der Waals surface area (Å²) in [7, 11) is -4.27. The fourth-order valence-corrected chi connectivity index (χ4v) is 3.22. The zero-order valence-electron chi connectivity index (χ0n) is 11.4. The molecule has 0 aliphatic heterocycles. The molecule has 0 unspecified atom stereocenters. The molecule has 0 radical (unpaired) electrons. The molecular weight excluding hydrogens is 297 g/mol. The standard InChI is InChI=1S/C11H17F3N2O3S/c1-4-15-5-9-7(2)19-8(3)10(9)20(17,18)16-6-11(12,13)14/h15-16H,4-6H2,1-3H3. The van der Waals surface area contributed by atoms with E-state index in [1.165, 1.54) is 6.92 Å². The van der Waals surface area contributed by atoms with Crippen LogP contribution in [0.25, 0.3) is 0 Å². The van der Waals surface area contributed by atoms with Crippen LogP contribution < -0.4 is 10.0 Å². The second-order valence-corrected chi connectivity index (χ2v) is 5.95. The van der Waals surface area contributed by atoms with Gasteiger partial charge in [0.15, 0.2) is 0 Å². The molecule has 0 saturated carbocycles. The van der Waals surface area contributed by atoms with Crippen LogP contribution in [0.3, 0.4) is 0 Å². The lowest BCUT2D eigenvalue weighted by molar-refractivity contribution is -0.121. The Balaban J connectivity index is 3.10. The Morgan fingerprint density at radius 2 is 1.80 bits per heavy atom. The molecule has 0 saturated heterocycles. The van der Waals surface area contributed by atoms with Crippen molar-refractivity contribution in [3.8, 4) is 0 Å². The number of furan rings is 1. The Bertz CT molecular complexity index is 564. The van der Waals surface area contributed by atoms with E-state index in [1.54, 1.807) is 11.6 Å². The maximum absolute atomic E-state index is 12.1. The number of nitrogens with one attached hydrogen (secondary N) is 2. The number of hydrogen-bond acceptors (Lipinski definition) is 4. The lowest BCUT2D eigenvalue weighted by atomic mass is 10.2. The van der Waals surface area contributed by atoms with Crippen molar-refractivity contribution >= 4 is 10.0 Å². The second-order valence-electron chi connectivity index (χ2n) is 4.24. The average molecular weight is 314 g/mol. The van der Waals surface area contributed by atoms with Crippen LogP contribution in [-0.4, -0.2) is 27.7 Å². The minimum Gasteiger partial charge on any atom is -0.465 e. The third-order valence-electron chi connectivity index (χ3n) is 2.61. The summed E-state index contributed by atoms with van der Waals surface area (Å²) in [6, 6.07) is 0. The first-order valence-electron chi connectivity index (χ1n) is 5.94. The van der Waals surface area contributed by atoms with Gasteiger partial charge in [-0.05, 0) is 20.4 Å². The minimum absolute atomic E-state index is 0.0741. The molecular formula is C11H17F3N2O3S. The Morgan fingerprint density at radius 3 is 2.30 bits per heavy atom. The summed E-state index contributed by atoms with van der Waals surface area (Å²) in [5.41, 5.74) is 0.346. The largest absolute Gasteiger partial charge is 0.465 e. The smallest absolute Gasteiger partial charge is 0.402 e. The first-order valence-corrected chi connectivity index (χ1v) is 7.42. The van der Waals surface area contributed by atoms with E-state index in [1.807, 2.05) is 6.92 Å². The quantitative estimate of drug-likeness (QED) is 0.840. The molecule has 1 rings (SSSR count). The summed E-state index contributed by atoms with van der Waals surface area (Å²) < 4.78 is 67.2. The van der Waals surface area contributed by atoms with E-state index < -0.39 is 22.7 Å². The SMILES string of the molecule is CCNCc1c(C)oc(C)c1S(=O)(=O)NCC(F)(F)F. The van der Waals surface area contributed by atoms with Crippen molar-refractivity contribution in [1.82, 2.24) is 10.0 Å². The number of sulfonamides is 1. The third-order valence-corrected chi connectivity index (χ3v) is 4.20. The highest BCUT2D eigenvalue weighted by molar-refractivity contribution is 7.89. The van der Waals surface area contributed by atoms with E-state index in [0.717, 1.165) is 0 Å². The van der Waals surface area contributed by atoms with Crippen LogP contribution in [0.4, 0.5) is 13.2 Å². The van der Waals surface area contributed by atoms with E-state index in [9.17, 15) is 21.6 Å². The second kappa shape index (κ2) is 6.15. The first kappa shape index (κ1) is 17.0. The van der Waals surface area contributed by atoms with Crippen molar-refractivity contribution in [2.24, 2.45) is 0 Å². The van der Waals surface area contributed by atoms with E-state index in [2.05, 4.69) is 5.32 Å². The zero-order valence-corrected chi connectivity index (χ0v) is 12.2. The van der Waals surface area contributed by atoms with Crippen LogP contribution in [-0.2, 0) is 16.6 Å². The van der Waals surface area contributed by atoms with Crippen molar-refractivity contribution in [2.45, 2.75) is 38.4 Å². The fourth-order valence-electron chi connectivity index (χ4n) is 1.77. The Morgan fingerprint density at radius 1 is 1.20 bits per heavy atom. The van der Waals surface area contributed by atoms with Gasteiger partial charge < -0.3 is 9.73 Å². The maximum Gasteiger partial charge on any atom is 0.402 e. The van der Waals surface area contributed by atoms with E-state index in [4.69, 9.17) is 4.42 Å². The highest BCUT2D eigenvalue weighted by Gasteiger charge is 2.33. The topological polar surface area (TPSA) is 71.3 Å². The van der Waals surface area contributed by atoms with Crippen LogP contribution in [0.1, 0.15) is 24.0 Å². The van der Waals surface area contributed by atoms with Gasteiger partial charge in [0.25, 0.3) is 0 Å². The van der Waals surface area contributed by atoms with Crippen molar-refractivity contribution in [3.05, 3.63) is 17.1 Å². The molecule has 116 valence electrons. The van der Waals surface area contributed by atoms with Gasteiger partial charge in [0.1, 0.15) is 23.0 Å². The van der Waals surface area contributed by atoms with Crippen LogP contribution in [0.2, 0.25) is 0 Å². The lowest BCUT2D eigenvalue weighted by Gasteiger charge is -2.10. The van der Waals surface area contributed by atoms with Crippen molar-refractivity contribution in [2.75, 3.05) is 13.1 Å². The summed E-state index contributed by atoms with van der Waals surface area (Å²) in [5, 5.41) is 2.93. The van der Waals surface area contributed by atoms with Gasteiger partial charge in [0.2, 0.25) is 10.0 Å². The van der Waals surface area contributed by atoms with Crippen molar-refractivity contribution in [1.29, 1.82) is 0 Å². The number of rotatable bonds is 6. The Labute approximate surface area is 115 Å². The molecule has 20 heavy (non-hydrogen) atoms. The normalized spacial score (nSPS) is 12.9. The van der Waals surface area contributed by atoms with Crippen molar-refractivity contribution < 1.29 is 26.0 Å². The van der Waals surface area contributed by atoms with Crippen LogP contribution in [0, 0.1) is 13.8 Å². The minimum atomic E-state index is -4.61. The highest BCUT2D eigenvalue weighted by Crippen LogP contribution is 2.27. The Kier molecular flexibility index (Phi) is 5.22. The van der Waals surface area contributed by atoms with Gasteiger partial charge in [-0.3, -0.25) is 0 Å². The van der Waals surface area contributed by atoms with Crippen molar-refractivity contribution in [3.63, 3.8) is 0 Å². The molecule has 9 heteroatoms. The molecule has 0 fully saturated rings. The monoisotopic (exact) mass is 314 g/mol. The molecule has 0 amide bonds.